The third-order valence-corrected chi connectivity index (χ3v) is 11.0. The second-order valence-electron chi connectivity index (χ2n) is 15.7. The number of Topliss-reactive ketones (excluding diaryl/α,β-unsaturated/α-hetero) is 2. The first-order valence-electron chi connectivity index (χ1n) is 21.4. The third-order valence-electron chi connectivity index (χ3n) is 10.6. The minimum absolute atomic E-state index is 0.0811. The average Bonchev–Trinajstić information content (AvgIpc) is 3.24. The van der Waals surface area contributed by atoms with E-state index in [4.69, 9.17) is 23.7 Å². The minimum atomic E-state index is -1.46. The molecule has 0 bridgehead atoms. The maximum atomic E-state index is 14.0. The number of unbranched alkanes of at least 4 members (excludes halogenated alkanes) is 4. The molecule has 340 valence electrons. The zero-order chi connectivity index (χ0) is 46.0. The van der Waals surface area contributed by atoms with Gasteiger partial charge in [-0.3, -0.25) is 38.6 Å². The molecule has 0 radical (unpaired) electrons. The van der Waals surface area contributed by atoms with Gasteiger partial charge in [0.2, 0.25) is 23.6 Å². The fourth-order valence-corrected chi connectivity index (χ4v) is 7.60. The number of nitrogens with two attached hydrogens (primary N) is 2. The molecule has 1 aliphatic heterocycles. The molecule has 0 aliphatic carbocycles. The fourth-order valence-electron chi connectivity index (χ4n) is 7.19. The Balaban J connectivity index is 1.61. The molecule has 4 amide bonds. The summed E-state index contributed by atoms with van der Waals surface area (Å²) in [7, 11) is 0. The van der Waals surface area contributed by atoms with E-state index in [0.717, 1.165) is 53.8 Å². The molecule has 18 heteroatoms. The molecule has 2 aromatic carbocycles. The SMILES string of the molecule is NC(N)=NCCC[C@@H]1CC(=O)[C@H](CCCCNC(=O)CCCCCCC(=S)Cc2ccc(N=C=S)cc2)NC(=O)[C@@H](Cc2ccccc2)CC(=O)[C@H](CC(=O)O)NC(=O)CNC1=O. The largest absolute Gasteiger partial charge is 0.481 e. The van der Waals surface area contributed by atoms with Crippen LogP contribution in [0.5, 0.6) is 0 Å². The Morgan fingerprint density at radius 1 is 0.778 bits per heavy atom. The molecule has 16 nitrogen and oxygen atoms in total. The number of aliphatic imine (C=N–C) groups is 2. The zero-order valence-corrected chi connectivity index (χ0v) is 37.2. The summed E-state index contributed by atoms with van der Waals surface area (Å²) in [5.41, 5.74) is 13.5. The maximum absolute atomic E-state index is 14.0. The molecule has 3 rings (SSSR count). The van der Waals surface area contributed by atoms with Crippen LogP contribution in [0, 0.1) is 11.8 Å². The van der Waals surface area contributed by atoms with E-state index in [9.17, 15) is 38.7 Å². The summed E-state index contributed by atoms with van der Waals surface area (Å²) in [6, 6.07) is 14.1. The van der Waals surface area contributed by atoms with E-state index < -0.39 is 78.6 Å². The van der Waals surface area contributed by atoms with Crippen molar-refractivity contribution in [2.75, 3.05) is 19.6 Å². The minimum Gasteiger partial charge on any atom is -0.481 e. The molecular weight excluding hydrogens is 845 g/mol. The van der Waals surface area contributed by atoms with Crippen LogP contribution in [0.1, 0.15) is 101 Å². The summed E-state index contributed by atoms with van der Waals surface area (Å²) in [6.45, 7) is -0.0307. The van der Waals surface area contributed by atoms with Crippen LogP contribution >= 0.6 is 24.4 Å². The molecule has 1 fully saturated rings. The number of carboxylic acids is 1. The summed E-state index contributed by atoms with van der Waals surface area (Å²) in [5, 5.41) is 22.6. The number of guanidine groups is 1. The highest BCUT2D eigenvalue weighted by atomic mass is 32.1. The lowest BCUT2D eigenvalue weighted by Crippen LogP contribution is -2.48. The van der Waals surface area contributed by atoms with Crippen molar-refractivity contribution in [1.29, 1.82) is 0 Å². The molecule has 4 atom stereocenters. The van der Waals surface area contributed by atoms with Gasteiger partial charge in [-0.15, -0.1) is 0 Å². The normalized spacial score (nSPS) is 18.6. The summed E-state index contributed by atoms with van der Waals surface area (Å²) in [5.74, 6) is -6.62. The van der Waals surface area contributed by atoms with Crippen LogP contribution in [0.15, 0.2) is 64.6 Å². The Morgan fingerprint density at radius 2 is 1.46 bits per heavy atom. The number of carbonyl (C=O) groups is 7. The first kappa shape index (κ1) is 51.6. The molecule has 63 heavy (non-hydrogen) atoms. The molecule has 1 saturated heterocycles. The molecule has 1 aliphatic rings. The molecule has 0 saturated carbocycles. The van der Waals surface area contributed by atoms with Gasteiger partial charge in [0.25, 0.3) is 0 Å². The molecule has 2 aromatic rings. The van der Waals surface area contributed by atoms with Crippen molar-refractivity contribution in [2.45, 2.75) is 115 Å². The monoisotopic (exact) mass is 904 g/mol. The predicted octanol–water partition coefficient (Wildman–Crippen LogP) is 3.98. The smallest absolute Gasteiger partial charge is 0.305 e. The number of benzene rings is 2. The number of hydrogen-bond acceptors (Lipinski definition) is 11. The average molecular weight is 905 g/mol. The number of amides is 4. The van der Waals surface area contributed by atoms with E-state index in [1.165, 1.54) is 0 Å². The van der Waals surface area contributed by atoms with E-state index >= 15 is 0 Å². The van der Waals surface area contributed by atoms with Crippen LogP contribution in [0.4, 0.5) is 5.69 Å². The van der Waals surface area contributed by atoms with Gasteiger partial charge < -0.3 is 37.8 Å². The van der Waals surface area contributed by atoms with Crippen molar-refractivity contribution < 1.29 is 38.7 Å². The van der Waals surface area contributed by atoms with Crippen LogP contribution < -0.4 is 32.7 Å². The maximum Gasteiger partial charge on any atom is 0.305 e. The van der Waals surface area contributed by atoms with Crippen molar-refractivity contribution in [2.24, 2.45) is 33.3 Å². The van der Waals surface area contributed by atoms with Crippen molar-refractivity contribution in [3.8, 4) is 0 Å². The van der Waals surface area contributed by atoms with Gasteiger partial charge in [0.05, 0.1) is 35.9 Å². The number of ketones is 2. The molecule has 0 aromatic heterocycles. The van der Waals surface area contributed by atoms with Crippen molar-refractivity contribution in [3.63, 3.8) is 0 Å². The van der Waals surface area contributed by atoms with Gasteiger partial charge >= 0.3 is 5.97 Å². The first-order chi connectivity index (χ1) is 30.2. The molecular formula is C45H60N8O8S2. The van der Waals surface area contributed by atoms with Crippen LogP contribution in [0.2, 0.25) is 0 Å². The van der Waals surface area contributed by atoms with Crippen LogP contribution in [0.3, 0.4) is 0 Å². The van der Waals surface area contributed by atoms with Gasteiger partial charge in [-0.25, -0.2) is 0 Å². The molecule has 9 N–H and O–H groups in total. The highest BCUT2D eigenvalue weighted by molar-refractivity contribution is 7.80. The topological polar surface area (TPSA) is 265 Å². The molecule has 0 unspecified atom stereocenters. The summed E-state index contributed by atoms with van der Waals surface area (Å²) in [6.07, 6.45) is 5.75. The zero-order valence-electron chi connectivity index (χ0n) is 35.6. The van der Waals surface area contributed by atoms with Crippen molar-refractivity contribution in [1.82, 2.24) is 21.3 Å². The van der Waals surface area contributed by atoms with Crippen LogP contribution in [0.25, 0.3) is 0 Å². The second kappa shape index (κ2) is 28.8. The van der Waals surface area contributed by atoms with Gasteiger partial charge in [0, 0.05) is 50.6 Å². The number of thiocarbonyl (C=S) groups is 2. The number of nitrogens with one attached hydrogen (secondary N) is 4. The summed E-state index contributed by atoms with van der Waals surface area (Å²) >= 11 is 10.2. The Hall–Kier alpha value is -5.71. The molecule has 1 heterocycles. The second-order valence-corrected chi connectivity index (χ2v) is 16.5. The quantitative estimate of drug-likeness (QED) is 0.0362. The standard InChI is InChI=1S/C45H60N8O8S2/c46-45(47)49-22-10-13-32-25-38(54)36(15-8-9-21-48-40(56)16-7-2-1-6-14-35(63)24-31-17-19-34(20-18-31)51-29-62)53-44(61)33(23-30-11-4-3-5-12-30)26-39(55)37(27-42(58)59)52-41(57)28-50-43(32)60/h3-5,11-12,17-20,32-33,36-37H,1-2,6-10,13-16,21-28H2,(H,48,56)(H,50,60)(H,52,57)(H,53,61)(H,58,59)(H4,46,47,49)/t32-,33+,36+,37+/m1/s1. The number of isothiocyanates is 1. The third kappa shape index (κ3) is 21.3. The predicted molar refractivity (Wildman–Crippen MR) is 247 cm³/mol. The Labute approximate surface area is 379 Å². The van der Waals surface area contributed by atoms with E-state index in [0.29, 0.717) is 38.6 Å². The van der Waals surface area contributed by atoms with E-state index in [-0.39, 0.29) is 44.1 Å². The van der Waals surface area contributed by atoms with Gasteiger partial charge in [-0.1, -0.05) is 67.5 Å². The number of hydrogen-bond donors (Lipinski definition) is 7. The van der Waals surface area contributed by atoms with Gasteiger partial charge in [0.1, 0.15) is 0 Å². The van der Waals surface area contributed by atoms with Crippen molar-refractivity contribution >= 4 is 87.3 Å². The van der Waals surface area contributed by atoms with Crippen LogP contribution in [-0.2, 0) is 46.4 Å². The lowest BCUT2D eigenvalue weighted by atomic mass is 9.89. The molecule has 0 spiro atoms. The van der Waals surface area contributed by atoms with Gasteiger partial charge in [-0.2, -0.15) is 4.99 Å². The lowest BCUT2D eigenvalue weighted by molar-refractivity contribution is -0.140. The number of carbonyl (C=O) groups excluding carboxylic acids is 6. The van der Waals surface area contributed by atoms with Crippen molar-refractivity contribution in [3.05, 3.63) is 65.7 Å². The van der Waals surface area contributed by atoms with Gasteiger partial charge in [-0.05, 0) is 98.1 Å². The van der Waals surface area contributed by atoms with E-state index in [1.807, 2.05) is 24.3 Å². The van der Waals surface area contributed by atoms with E-state index in [2.05, 4.69) is 48.6 Å². The van der Waals surface area contributed by atoms with Gasteiger partial charge in [0.15, 0.2) is 17.5 Å². The highest BCUT2D eigenvalue weighted by Gasteiger charge is 2.33. The van der Waals surface area contributed by atoms with E-state index in [1.54, 1.807) is 30.3 Å². The lowest BCUT2D eigenvalue weighted by Gasteiger charge is -2.24. The number of aliphatic carboxylic acids is 1. The highest BCUT2D eigenvalue weighted by Crippen LogP contribution is 2.20. The number of rotatable bonds is 23. The number of nitrogens with zero attached hydrogens (tertiary/aromatic N) is 2. The Morgan fingerprint density at radius 3 is 2.14 bits per heavy atom. The number of carboxylic acid groups (broad SMARTS) is 1. The summed E-state index contributed by atoms with van der Waals surface area (Å²) in [4.78, 5) is 101. The Kier molecular flexibility index (Phi) is 23.6. The fraction of sp³-hybridized carbons (Fsp3) is 0.511. The first-order valence-corrected chi connectivity index (χ1v) is 22.2. The van der Waals surface area contributed by atoms with Crippen LogP contribution in [-0.4, -0.2) is 94.0 Å². The Bertz CT molecular complexity index is 1950. The summed E-state index contributed by atoms with van der Waals surface area (Å²) < 4.78 is 0.